The fourth-order valence-corrected chi connectivity index (χ4v) is 1.52. The van der Waals surface area contributed by atoms with Gasteiger partial charge in [-0.3, -0.25) is 0 Å². The molecule has 0 aromatic heterocycles. The fourth-order valence-electron chi connectivity index (χ4n) is 1.42. The van der Waals surface area contributed by atoms with Gasteiger partial charge < -0.3 is 0 Å². The minimum atomic E-state index is -4.54. The van der Waals surface area contributed by atoms with E-state index in [0.29, 0.717) is 0 Å². The van der Waals surface area contributed by atoms with Crippen molar-refractivity contribution in [2.24, 2.45) is 10.4 Å². The van der Waals surface area contributed by atoms with E-state index in [0.717, 1.165) is 6.08 Å². The third kappa shape index (κ3) is 2.38. The Balaban J connectivity index is 3.27. The van der Waals surface area contributed by atoms with Crippen molar-refractivity contribution in [3.05, 3.63) is 23.4 Å². The normalized spacial score (nSPS) is 24.9. The lowest BCUT2D eigenvalue weighted by Gasteiger charge is -2.28. The van der Waals surface area contributed by atoms with Crippen LogP contribution in [0.1, 0.15) is 13.3 Å². The first-order valence-electron chi connectivity index (χ1n) is 4.32. The summed E-state index contributed by atoms with van der Waals surface area (Å²) in [5.74, 6) is 0. The van der Waals surface area contributed by atoms with Crippen molar-refractivity contribution >= 4 is 17.4 Å². The molecule has 0 saturated carbocycles. The summed E-state index contributed by atoms with van der Waals surface area (Å²) in [7, 11) is 0. The maximum atomic E-state index is 12.7. The number of alkyl halides is 3. The van der Waals surface area contributed by atoms with Gasteiger partial charge in [0.25, 0.3) is 0 Å². The summed E-state index contributed by atoms with van der Waals surface area (Å²) in [6.07, 6.45) is -2.30. The van der Waals surface area contributed by atoms with Gasteiger partial charge in [0.05, 0.1) is 27.9 Å². The topological polar surface area (TPSA) is 36.1 Å². The van der Waals surface area contributed by atoms with Gasteiger partial charge in [0.1, 0.15) is 0 Å². The van der Waals surface area contributed by atoms with Crippen LogP contribution in [0.15, 0.2) is 28.4 Å². The van der Waals surface area contributed by atoms with E-state index in [2.05, 4.69) is 17.2 Å². The molecular weight excluding hydrogens is 237 g/mol. The molecule has 16 heavy (non-hydrogen) atoms. The van der Waals surface area contributed by atoms with Crippen LogP contribution in [0, 0.1) is 16.7 Å². The Hall–Kier alpha value is -1.44. The highest BCUT2D eigenvalue weighted by Gasteiger charge is 2.46. The Morgan fingerprint density at radius 2 is 2.19 bits per heavy atom. The minimum absolute atomic E-state index is 0.0370. The van der Waals surface area contributed by atoms with Gasteiger partial charge >= 0.3 is 6.18 Å². The van der Waals surface area contributed by atoms with Gasteiger partial charge in [-0.15, -0.1) is 0 Å². The van der Waals surface area contributed by atoms with Crippen LogP contribution in [0.5, 0.6) is 0 Å². The van der Waals surface area contributed by atoms with Crippen molar-refractivity contribution in [1.29, 1.82) is 5.26 Å². The minimum Gasteiger partial charge on any atom is -0.197 e. The van der Waals surface area contributed by atoms with Crippen molar-refractivity contribution < 1.29 is 13.2 Å². The number of thiocarbonyl (C=S) groups is 1. The molecule has 2 nitrogen and oxygen atoms in total. The lowest BCUT2D eigenvalue weighted by Crippen LogP contribution is -2.29. The molecule has 0 heterocycles. The van der Waals surface area contributed by atoms with Crippen molar-refractivity contribution in [3.63, 3.8) is 0 Å². The second-order valence-corrected chi connectivity index (χ2v) is 3.72. The second kappa shape index (κ2) is 4.20. The predicted octanol–water partition coefficient (Wildman–Crippen LogP) is 3.40. The highest BCUT2D eigenvalue weighted by Crippen LogP contribution is 2.44. The molecule has 0 aliphatic heterocycles. The van der Waals surface area contributed by atoms with Gasteiger partial charge in [-0.05, 0) is 31.6 Å². The SMILES string of the molecule is CC1(C#N)CC=C(N=C=S)C=C1C(F)(F)F. The zero-order chi connectivity index (χ0) is 12.4. The summed E-state index contributed by atoms with van der Waals surface area (Å²) >= 11 is 4.32. The number of hydrogen-bond acceptors (Lipinski definition) is 3. The maximum absolute atomic E-state index is 12.7. The molecule has 0 aromatic rings. The summed E-state index contributed by atoms with van der Waals surface area (Å²) in [6, 6.07) is 1.68. The van der Waals surface area contributed by atoms with Crippen LogP contribution in [-0.2, 0) is 0 Å². The highest BCUT2D eigenvalue weighted by atomic mass is 32.1. The van der Waals surface area contributed by atoms with E-state index in [-0.39, 0.29) is 12.1 Å². The number of nitriles is 1. The number of isothiocyanates is 1. The molecule has 0 aromatic carbocycles. The molecule has 6 heteroatoms. The summed E-state index contributed by atoms with van der Waals surface area (Å²) in [6.45, 7) is 1.25. The quantitative estimate of drug-likeness (QED) is 0.523. The molecular formula is C10H7F3N2S. The van der Waals surface area contributed by atoms with E-state index in [9.17, 15) is 13.2 Å². The van der Waals surface area contributed by atoms with E-state index >= 15 is 0 Å². The summed E-state index contributed by atoms with van der Waals surface area (Å²) in [4.78, 5) is 3.49. The molecule has 0 fully saturated rings. The first-order valence-corrected chi connectivity index (χ1v) is 4.73. The molecule has 1 unspecified atom stereocenters. The van der Waals surface area contributed by atoms with Gasteiger partial charge in [0, 0.05) is 0 Å². The van der Waals surface area contributed by atoms with Gasteiger partial charge in [-0.1, -0.05) is 6.08 Å². The zero-order valence-electron chi connectivity index (χ0n) is 8.30. The summed E-state index contributed by atoms with van der Waals surface area (Å²) < 4.78 is 38.1. The summed E-state index contributed by atoms with van der Waals surface area (Å²) in [5, 5.41) is 10.8. The van der Waals surface area contributed by atoms with Crippen LogP contribution in [0.25, 0.3) is 0 Å². The number of rotatable bonds is 1. The van der Waals surface area contributed by atoms with Crippen LogP contribution in [-0.4, -0.2) is 11.3 Å². The van der Waals surface area contributed by atoms with E-state index in [1.54, 1.807) is 6.07 Å². The number of nitrogens with zero attached hydrogens (tertiary/aromatic N) is 2. The van der Waals surface area contributed by atoms with Crippen molar-refractivity contribution in [1.82, 2.24) is 0 Å². The van der Waals surface area contributed by atoms with Crippen molar-refractivity contribution in [2.75, 3.05) is 0 Å². The molecule has 0 spiro atoms. The Morgan fingerprint density at radius 3 is 2.62 bits per heavy atom. The highest BCUT2D eigenvalue weighted by molar-refractivity contribution is 7.78. The van der Waals surface area contributed by atoms with Crippen LogP contribution in [0.4, 0.5) is 13.2 Å². The second-order valence-electron chi connectivity index (χ2n) is 3.54. The van der Waals surface area contributed by atoms with Gasteiger partial charge in [-0.2, -0.15) is 23.4 Å². The fraction of sp³-hybridized carbons (Fsp3) is 0.400. The predicted molar refractivity (Wildman–Crippen MR) is 55.6 cm³/mol. The monoisotopic (exact) mass is 244 g/mol. The van der Waals surface area contributed by atoms with Crippen LogP contribution < -0.4 is 0 Å². The van der Waals surface area contributed by atoms with E-state index < -0.39 is 17.2 Å². The smallest absolute Gasteiger partial charge is 0.197 e. The molecule has 0 radical (unpaired) electrons. The number of hydrogen-bond donors (Lipinski definition) is 0. The average Bonchev–Trinajstić information content (AvgIpc) is 2.20. The molecule has 1 aliphatic rings. The van der Waals surface area contributed by atoms with Gasteiger partial charge in [-0.25, -0.2) is 0 Å². The first-order chi connectivity index (χ1) is 7.33. The zero-order valence-corrected chi connectivity index (χ0v) is 9.11. The Kier molecular flexibility index (Phi) is 3.32. The lowest BCUT2D eigenvalue weighted by atomic mass is 9.77. The molecule has 0 amide bonds. The van der Waals surface area contributed by atoms with E-state index in [4.69, 9.17) is 5.26 Å². The van der Waals surface area contributed by atoms with Crippen LogP contribution in [0.3, 0.4) is 0 Å². The molecule has 84 valence electrons. The van der Waals surface area contributed by atoms with Gasteiger partial charge in [0.15, 0.2) is 0 Å². The Bertz CT molecular complexity index is 450. The van der Waals surface area contributed by atoms with E-state index in [1.807, 2.05) is 5.16 Å². The first kappa shape index (κ1) is 12.6. The molecule has 1 atom stereocenters. The number of halogens is 3. The molecule has 0 N–H and O–H groups in total. The lowest BCUT2D eigenvalue weighted by molar-refractivity contribution is -0.103. The van der Waals surface area contributed by atoms with Gasteiger partial charge in [0.2, 0.25) is 0 Å². The average molecular weight is 244 g/mol. The van der Waals surface area contributed by atoms with Crippen molar-refractivity contribution in [2.45, 2.75) is 19.5 Å². The van der Waals surface area contributed by atoms with Crippen LogP contribution >= 0.6 is 12.2 Å². The third-order valence-electron chi connectivity index (χ3n) is 2.33. The van der Waals surface area contributed by atoms with E-state index in [1.165, 1.54) is 13.0 Å². The molecule has 0 bridgehead atoms. The molecule has 1 rings (SSSR count). The van der Waals surface area contributed by atoms with Crippen LogP contribution in [0.2, 0.25) is 0 Å². The Morgan fingerprint density at radius 1 is 1.56 bits per heavy atom. The van der Waals surface area contributed by atoms with Crippen molar-refractivity contribution in [3.8, 4) is 6.07 Å². The molecule has 0 saturated heterocycles. The number of allylic oxidation sites excluding steroid dienone is 3. The summed E-state index contributed by atoms with van der Waals surface area (Å²) in [5.41, 5.74) is -2.36. The largest absolute Gasteiger partial charge is 0.414 e. The third-order valence-corrected chi connectivity index (χ3v) is 2.42. The maximum Gasteiger partial charge on any atom is 0.414 e. The molecule has 1 aliphatic carbocycles. The Labute approximate surface area is 95.8 Å². The standard InChI is InChI=1S/C10H7F3N2S/c1-9(5-14)3-2-7(15-6-16)4-8(9)10(11,12)13/h2,4H,3H2,1H3. The number of aliphatic imine (C=N–C) groups is 1.